The van der Waals surface area contributed by atoms with Crippen LogP contribution in [0.15, 0.2) is 54.6 Å². The van der Waals surface area contributed by atoms with Gasteiger partial charge in [0.1, 0.15) is 11.6 Å². The van der Waals surface area contributed by atoms with Gasteiger partial charge in [-0.15, -0.1) is 0 Å². The predicted octanol–water partition coefficient (Wildman–Crippen LogP) is 4.74. The Morgan fingerprint density at radius 2 is 1.82 bits per heavy atom. The second-order valence-electron chi connectivity index (χ2n) is 11.7. The Hall–Kier alpha value is -3.16. The van der Waals surface area contributed by atoms with E-state index in [1.165, 1.54) is 6.42 Å². The largest absolute Gasteiger partial charge is 0.359 e. The summed E-state index contributed by atoms with van der Waals surface area (Å²) in [5, 5.41) is 6.87. The molecular weight excluding hydrogens is 526 g/mol. The number of aryl methyl sites for hydroxylation is 2. The zero-order chi connectivity index (χ0) is 28.0. The van der Waals surface area contributed by atoms with Crippen molar-refractivity contribution in [2.45, 2.75) is 76.2 Å². The maximum atomic E-state index is 14.2. The number of carbonyl (C=O) groups is 3. The van der Waals surface area contributed by atoms with Crippen LogP contribution in [0, 0.1) is 25.7 Å². The number of anilines is 1. The highest BCUT2D eigenvalue weighted by Gasteiger charge is 2.72. The van der Waals surface area contributed by atoms with Crippen molar-refractivity contribution in [3.8, 4) is 0 Å². The smallest absolute Gasteiger partial charge is 0.246 e. The number of nitrogens with one attached hydrogen (secondary N) is 2. The first-order chi connectivity index (χ1) is 19.3. The van der Waals surface area contributed by atoms with Gasteiger partial charge in [-0.25, -0.2) is 0 Å². The molecule has 6 rings (SSSR count). The van der Waals surface area contributed by atoms with Gasteiger partial charge in [0, 0.05) is 23.3 Å². The fourth-order valence-electron chi connectivity index (χ4n) is 7.02. The Kier molecular flexibility index (Phi) is 7.21. The number of benzene rings is 2. The zero-order valence-corrected chi connectivity index (χ0v) is 23.7. The lowest BCUT2D eigenvalue weighted by Crippen LogP contribution is -2.56. The molecule has 210 valence electrons. The van der Waals surface area contributed by atoms with E-state index in [9.17, 15) is 14.4 Å². The quantitative estimate of drug-likeness (QED) is 0.478. The highest BCUT2D eigenvalue weighted by atomic mass is 35.5. The van der Waals surface area contributed by atoms with Gasteiger partial charge in [0.15, 0.2) is 0 Å². The Morgan fingerprint density at radius 1 is 1.05 bits per heavy atom. The van der Waals surface area contributed by atoms with E-state index in [0.29, 0.717) is 23.7 Å². The van der Waals surface area contributed by atoms with Crippen LogP contribution in [0.5, 0.6) is 0 Å². The van der Waals surface area contributed by atoms with E-state index in [0.717, 1.165) is 42.4 Å². The van der Waals surface area contributed by atoms with Gasteiger partial charge < -0.3 is 20.3 Å². The Morgan fingerprint density at radius 3 is 2.58 bits per heavy atom. The zero-order valence-electron chi connectivity index (χ0n) is 23.0. The van der Waals surface area contributed by atoms with Gasteiger partial charge in [-0.3, -0.25) is 14.4 Å². The van der Waals surface area contributed by atoms with Gasteiger partial charge >= 0.3 is 0 Å². The number of nitrogens with zero attached hydrogens (tertiary/aromatic N) is 1. The van der Waals surface area contributed by atoms with E-state index < -0.39 is 29.6 Å². The molecule has 0 radical (unpaired) electrons. The van der Waals surface area contributed by atoms with Crippen LogP contribution in [0.3, 0.4) is 0 Å². The lowest BCUT2D eigenvalue weighted by molar-refractivity contribution is -0.141. The van der Waals surface area contributed by atoms with E-state index >= 15 is 0 Å². The first-order valence-corrected chi connectivity index (χ1v) is 14.8. The fourth-order valence-corrected chi connectivity index (χ4v) is 7.25. The van der Waals surface area contributed by atoms with Gasteiger partial charge in [-0.2, -0.15) is 0 Å². The standard InChI is InChI=1S/C32H36ClN3O4/c1-19-12-13-23(18-20(19)2)35-29(37)26-25-14-16-32(40-25)27(26)31(39)36(17-15-21-8-6-7-11-24(21)33)28(32)30(38)34-22-9-4-3-5-10-22/h6-8,11-14,16,18,22,25-28H,3-5,9-10,15,17H2,1-2H3,(H,34,38)(H,35,37)/t25-,26+,27-,28-,32-/m0/s1. The third-order valence-corrected chi connectivity index (χ3v) is 9.60. The van der Waals surface area contributed by atoms with Crippen LogP contribution in [-0.4, -0.2) is 53.0 Å². The maximum absolute atomic E-state index is 14.2. The van der Waals surface area contributed by atoms with Crippen molar-refractivity contribution < 1.29 is 19.1 Å². The van der Waals surface area contributed by atoms with Crippen LogP contribution >= 0.6 is 11.6 Å². The van der Waals surface area contributed by atoms with Crippen molar-refractivity contribution in [3.63, 3.8) is 0 Å². The molecule has 3 amide bonds. The minimum absolute atomic E-state index is 0.0867. The molecule has 40 heavy (non-hydrogen) atoms. The fraction of sp³-hybridized carbons (Fsp3) is 0.469. The molecule has 7 nitrogen and oxygen atoms in total. The lowest BCUT2D eigenvalue weighted by atomic mass is 9.74. The van der Waals surface area contributed by atoms with Crippen LogP contribution in [0.1, 0.15) is 48.8 Å². The first kappa shape index (κ1) is 27.0. The average molecular weight is 562 g/mol. The number of amides is 3. The molecule has 8 heteroatoms. The third-order valence-electron chi connectivity index (χ3n) is 9.23. The molecule has 3 heterocycles. The highest BCUT2D eigenvalue weighted by Crippen LogP contribution is 2.55. The molecule has 0 unspecified atom stereocenters. The summed E-state index contributed by atoms with van der Waals surface area (Å²) in [6.07, 6.45) is 8.86. The minimum atomic E-state index is -1.17. The number of hydrogen-bond acceptors (Lipinski definition) is 4. The van der Waals surface area contributed by atoms with Crippen LogP contribution in [0.2, 0.25) is 5.02 Å². The number of rotatable bonds is 7. The third kappa shape index (κ3) is 4.63. The van der Waals surface area contributed by atoms with Crippen molar-refractivity contribution in [2.75, 3.05) is 11.9 Å². The molecule has 2 saturated heterocycles. The number of halogens is 1. The maximum Gasteiger partial charge on any atom is 0.246 e. The molecule has 4 aliphatic rings. The van der Waals surface area contributed by atoms with Crippen molar-refractivity contribution >= 4 is 35.0 Å². The number of fused-ring (bicyclic) bond motifs is 1. The van der Waals surface area contributed by atoms with Crippen molar-refractivity contribution in [3.05, 3.63) is 76.3 Å². The molecule has 2 bridgehead atoms. The molecule has 1 spiro atoms. The molecular formula is C32H36ClN3O4. The number of hydrogen-bond donors (Lipinski definition) is 2. The second-order valence-corrected chi connectivity index (χ2v) is 12.1. The molecule has 2 aromatic rings. The van der Waals surface area contributed by atoms with Gasteiger partial charge in [0.25, 0.3) is 0 Å². The second kappa shape index (κ2) is 10.7. The summed E-state index contributed by atoms with van der Waals surface area (Å²) < 4.78 is 6.48. The SMILES string of the molecule is Cc1ccc(NC(=O)[C@@H]2[C@@H]3C=C[C@]4(O3)[C@@H]2C(=O)N(CCc2ccccc2Cl)[C@H]4C(=O)NC2CCCCC2)cc1C. The van der Waals surface area contributed by atoms with E-state index in [1.807, 2.05) is 68.5 Å². The van der Waals surface area contributed by atoms with Crippen LogP contribution in [0.4, 0.5) is 5.69 Å². The topological polar surface area (TPSA) is 87.7 Å². The highest BCUT2D eigenvalue weighted by molar-refractivity contribution is 6.31. The molecule has 3 fully saturated rings. The number of ether oxygens (including phenoxy) is 1. The van der Waals surface area contributed by atoms with Gasteiger partial charge in [0.05, 0.1) is 17.9 Å². The average Bonchev–Trinajstić information content (AvgIpc) is 3.58. The molecule has 1 aliphatic carbocycles. The Bertz CT molecular complexity index is 1370. The molecule has 2 aromatic carbocycles. The Labute approximate surface area is 240 Å². The van der Waals surface area contributed by atoms with E-state index in [4.69, 9.17) is 16.3 Å². The summed E-state index contributed by atoms with van der Waals surface area (Å²) in [6, 6.07) is 12.5. The van der Waals surface area contributed by atoms with Crippen LogP contribution in [-0.2, 0) is 25.5 Å². The van der Waals surface area contributed by atoms with Gasteiger partial charge in [-0.1, -0.05) is 67.3 Å². The summed E-state index contributed by atoms with van der Waals surface area (Å²) in [6.45, 7) is 4.32. The van der Waals surface area contributed by atoms with Gasteiger partial charge in [-0.05, 0) is 68.0 Å². The number of carbonyl (C=O) groups excluding carboxylic acids is 3. The van der Waals surface area contributed by atoms with Crippen LogP contribution < -0.4 is 10.6 Å². The molecule has 2 N–H and O–H groups in total. The van der Waals surface area contributed by atoms with E-state index in [2.05, 4.69) is 10.6 Å². The number of likely N-dealkylation sites (tertiary alicyclic amines) is 1. The van der Waals surface area contributed by atoms with Crippen LogP contribution in [0.25, 0.3) is 0 Å². The monoisotopic (exact) mass is 561 g/mol. The minimum Gasteiger partial charge on any atom is -0.359 e. The van der Waals surface area contributed by atoms with Crippen molar-refractivity contribution in [1.29, 1.82) is 0 Å². The Balaban J connectivity index is 1.30. The van der Waals surface area contributed by atoms with Crippen molar-refractivity contribution in [1.82, 2.24) is 10.2 Å². The summed E-state index contributed by atoms with van der Waals surface area (Å²) >= 11 is 6.42. The molecule has 0 aromatic heterocycles. The predicted molar refractivity (Wildman–Crippen MR) is 154 cm³/mol. The van der Waals surface area contributed by atoms with E-state index in [-0.39, 0.29) is 23.8 Å². The summed E-state index contributed by atoms with van der Waals surface area (Å²) in [7, 11) is 0. The van der Waals surface area contributed by atoms with Crippen molar-refractivity contribution in [2.24, 2.45) is 11.8 Å². The molecule has 1 saturated carbocycles. The summed E-state index contributed by atoms with van der Waals surface area (Å²) in [4.78, 5) is 43.5. The normalized spacial score (nSPS) is 29.1. The summed E-state index contributed by atoms with van der Waals surface area (Å²) in [5.74, 6) is -2.20. The summed E-state index contributed by atoms with van der Waals surface area (Å²) in [5.41, 5.74) is 2.62. The molecule has 3 aliphatic heterocycles. The molecule has 5 atom stereocenters. The lowest BCUT2D eigenvalue weighted by Gasteiger charge is -2.34. The first-order valence-electron chi connectivity index (χ1n) is 14.4. The van der Waals surface area contributed by atoms with Gasteiger partial charge in [0.2, 0.25) is 17.7 Å². The van der Waals surface area contributed by atoms with E-state index in [1.54, 1.807) is 4.90 Å².